The van der Waals surface area contributed by atoms with Gasteiger partial charge in [0.25, 0.3) is 11.1 Å². The number of carbonyl (C=O) groups is 2. The van der Waals surface area contributed by atoms with Crippen LogP contribution in [-0.4, -0.2) is 41.0 Å². The lowest BCUT2D eigenvalue weighted by Gasteiger charge is -2.18. The molecule has 10 heteroatoms. The number of carbonyl (C=O) groups excluding carboxylic acids is 2. The van der Waals surface area contributed by atoms with Gasteiger partial charge < -0.3 is 23.9 Å². The van der Waals surface area contributed by atoms with Crippen molar-refractivity contribution < 1.29 is 28.2 Å². The summed E-state index contributed by atoms with van der Waals surface area (Å²) in [5.74, 6) is 1.87. The summed E-state index contributed by atoms with van der Waals surface area (Å²) < 4.78 is 21.6. The second-order valence-corrected chi connectivity index (χ2v) is 7.13. The van der Waals surface area contributed by atoms with Crippen molar-refractivity contribution in [2.45, 2.75) is 5.22 Å². The van der Waals surface area contributed by atoms with E-state index in [1.54, 1.807) is 36.4 Å². The van der Waals surface area contributed by atoms with Crippen LogP contribution in [0.25, 0.3) is 11.5 Å². The molecule has 1 amide bonds. The topological polar surface area (TPSA) is 113 Å². The molecule has 0 atom stereocenters. The molecule has 0 fully saturated rings. The Morgan fingerprint density at radius 3 is 2.83 bits per heavy atom. The van der Waals surface area contributed by atoms with Crippen molar-refractivity contribution in [1.82, 2.24) is 10.2 Å². The molecule has 29 heavy (non-hydrogen) atoms. The van der Waals surface area contributed by atoms with E-state index < -0.39 is 0 Å². The Morgan fingerprint density at radius 2 is 1.90 bits per heavy atom. The number of hydrogen-bond acceptors (Lipinski definition) is 9. The molecule has 0 bridgehead atoms. The molecule has 0 spiro atoms. The van der Waals surface area contributed by atoms with Gasteiger partial charge in [-0.05, 0) is 36.4 Å². The fourth-order valence-electron chi connectivity index (χ4n) is 2.88. The summed E-state index contributed by atoms with van der Waals surface area (Å²) in [7, 11) is 0. The molecule has 0 saturated heterocycles. The van der Waals surface area contributed by atoms with Gasteiger partial charge in [-0.1, -0.05) is 11.8 Å². The number of rotatable bonds is 5. The maximum atomic E-state index is 12.5. The Balaban J connectivity index is 1.26. The van der Waals surface area contributed by atoms with E-state index >= 15 is 0 Å². The number of ketones is 1. The quantitative estimate of drug-likeness (QED) is 0.500. The smallest absolute Gasteiger partial charge is 0.277 e. The van der Waals surface area contributed by atoms with Gasteiger partial charge in [0.2, 0.25) is 12.7 Å². The second-order valence-electron chi connectivity index (χ2n) is 6.20. The molecule has 0 radical (unpaired) electrons. The normalized spacial score (nSPS) is 14.1. The minimum absolute atomic E-state index is 0.0288. The molecule has 9 nitrogen and oxygen atoms in total. The SMILES string of the molecule is O=C1COc2ccc(C(=O)CSc3nnc(-c4ccc5c(c4)OCO5)o3)cc2N1. The molecule has 2 aliphatic heterocycles. The van der Waals surface area contributed by atoms with Crippen LogP contribution in [0.15, 0.2) is 46.0 Å². The van der Waals surface area contributed by atoms with Gasteiger partial charge in [0, 0.05) is 11.1 Å². The van der Waals surface area contributed by atoms with Gasteiger partial charge in [-0.3, -0.25) is 9.59 Å². The van der Waals surface area contributed by atoms with Crippen LogP contribution >= 0.6 is 11.8 Å². The van der Waals surface area contributed by atoms with Crippen molar-refractivity contribution in [3.63, 3.8) is 0 Å². The Morgan fingerprint density at radius 1 is 1.03 bits per heavy atom. The number of benzene rings is 2. The molecule has 0 aliphatic carbocycles. The molecular formula is C19H13N3O6S. The van der Waals surface area contributed by atoms with Gasteiger partial charge in [-0.2, -0.15) is 0 Å². The molecule has 1 aromatic heterocycles. The lowest BCUT2D eigenvalue weighted by molar-refractivity contribution is -0.118. The molecule has 5 rings (SSSR count). The van der Waals surface area contributed by atoms with Crippen LogP contribution < -0.4 is 19.5 Å². The Hall–Kier alpha value is -3.53. The first-order valence-corrected chi connectivity index (χ1v) is 9.60. The molecule has 0 unspecified atom stereocenters. The fraction of sp³-hybridized carbons (Fsp3) is 0.158. The van der Waals surface area contributed by atoms with Crippen LogP contribution in [0, 0.1) is 0 Å². The van der Waals surface area contributed by atoms with Crippen LogP contribution in [0.4, 0.5) is 5.69 Å². The zero-order valence-corrected chi connectivity index (χ0v) is 15.7. The van der Waals surface area contributed by atoms with E-state index in [1.165, 1.54) is 0 Å². The molecule has 2 aromatic carbocycles. The van der Waals surface area contributed by atoms with E-state index in [2.05, 4.69) is 15.5 Å². The van der Waals surface area contributed by atoms with Crippen molar-refractivity contribution in [1.29, 1.82) is 0 Å². The van der Waals surface area contributed by atoms with E-state index in [0.717, 1.165) is 11.8 Å². The number of amides is 1. The lowest BCUT2D eigenvalue weighted by atomic mass is 10.1. The number of ether oxygens (including phenoxy) is 3. The van der Waals surface area contributed by atoms with Crippen LogP contribution in [0.2, 0.25) is 0 Å². The first-order chi connectivity index (χ1) is 14.2. The van der Waals surface area contributed by atoms with Gasteiger partial charge in [0.05, 0.1) is 11.4 Å². The zero-order valence-electron chi connectivity index (χ0n) is 14.8. The Bertz CT molecular complexity index is 1130. The first-order valence-electron chi connectivity index (χ1n) is 8.62. The van der Waals surface area contributed by atoms with Crippen molar-refractivity contribution in [2.75, 3.05) is 24.5 Å². The summed E-state index contributed by atoms with van der Waals surface area (Å²) in [5, 5.41) is 11.0. The molecular weight excluding hydrogens is 398 g/mol. The maximum absolute atomic E-state index is 12.5. The predicted molar refractivity (Wildman–Crippen MR) is 101 cm³/mol. The fourth-order valence-corrected chi connectivity index (χ4v) is 3.54. The highest BCUT2D eigenvalue weighted by Crippen LogP contribution is 2.36. The van der Waals surface area contributed by atoms with Crippen molar-refractivity contribution in [3.8, 4) is 28.7 Å². The highest BCUT2D eigenvalue weighted by atomic mass is 32.2. The Labute approximate surface area is 168 Å². The molecule has 0 saturated carbocycles. The second kappa shape index (κ2) is 7.13. The van der Waals surface area contributed by atoms with E-state index in [4.69, 9.17) is 18.6 Å². The van der Waals surface area contributed by atoms with Crippen LogP contribution in [0.5, 0.6) is 17.2 Å². The summed E-state index contributed by atoms with van der Waals surface area (Å²) in [6.45, 7) is 0.156. The third-order valence-corrected chi connectivity index (χ3v) is 5.11. The number of nitrogens with one attached hydrogen (secondary N) is 1. The predicted octanol–water partition coefficient (Wildman–Crippen LogP) is 2.77. The number of Topliss-reactive ketones (excluding diaryl/α,β-unsaturated/α-hetero) is 1. The van der Waals surface area contributed by atoms with Crippen molar-refractivity contribution >= 4 is 29.1 Å². The molecule has 3 aromatic rings. The average Bonchev–Trinajstić information content (AvgIpc) is 3.40. The number of hydrogen-bond donors (Lipinski definition) is 1. The lowest BCUT2D eigenvalue weighted by Crippen LogP contribution is -2.25. The van der Waals surface area contributed by atoms with E-state index in [9.17, 15) is 9.59 Å². The molecule has 2 aliphatic rings. The third kappa shape index (κ3) is 3.49. The zero-order chi connectivity index (χ0) is 19.8. The van der Waals surface area contributed by atoms with E-state index in [-0.39, 0.29) is 36.1 Å². The van der Waals surface area contributed by atoms with Crippen LogP contribution in [0.3, 0.4) is 0 Å². The number of anilines is 1. The molecule has 3 heterocycles. The molecule has 1 N–H and O–H groups in total. The van der Waals surface area contributed by atoms with Gasteiger partial charge >= 0.3 is 0 Å². The van der Waals surface area contributed by atoms with Gasteiger partial charge in [-0.25, -0.2) is 0 Å². The highest BCUT2D eigenvalue weighted by Gasteiger charge is 2.20. The summed E-state index contributed by atoms with van der Waals surface area (Å²) in [6.07, 6.45) is 0. The van der Waals surface area contributed by atoms with Crippen molar-refractivity contribution in [3.05, 3.63) is 42.0 Å². The van der Waals surface area contributed by atoms with Gasteiger partial charge in [0.1, 0.15) is 5.75 Å². The summed E-state index contributed by atoms with van der Waals surface area (Å²) in [6, 6.07) is 10.3. The monoisotopic (exact) mass is 411 g/mol. The summed E-state index contributed by atoms with van der Waals surface area (Å²) >= 11 is 1.14. The van der Waals surface area contributed by atoms with E-state index in [0.29, 0.717) is 40.0 Å². The van der Waals surface area contributed by atoms with Gasteiger partial charge in [-0.15, -0.1) is 10.2 Å². The first kappa shape index (κ1) is 17.6. The number of aromatic nitrogens is 2. The number of thioether (sulfide) groups is 1. The summed E-state index contributed by atoms with van der Waals surface area (Å²) in [5.41, 5.74) is 1.64. The van der Waals surface area contributed by atoms with Gasteiger partial charge in [0.15, 0.2) is 23.9 Å². The largest absolute Gasteiger partial charge is 0.482 e. The Kier molecular flexibility index (Phi) is 4.32. The van der Waals surface area contributed by atoms with Crippen LogP contribution in [0.1, 0.15) is 10.4 Å². The minimum Gasteiger partial charge on any atom is -0.482 e. The molecule has 146 valence electrons. The van der Waals surface area contributed by atoms with Crippen molar-refractivity contribution in [2.24, 2.45) is 0 Å². The highest BCUT2D eigenvalue weighted by molar-refractivity contribution is 7.99. The third-order valence-electron chi connectivity index (χ3n) is 4.29. The number of fused-ring (bicyclic) bond motifs is 2. The standard InChI is InChI=1S/C19H13N3O6S/c23-13(10-1-3-14-12(5-10)20-17(24)7-25-14)8-29-19-22-21-18(28-19)11-2-4-15-16(6-11)27-9-26-15/h1-6H,7-9H2,(H,20,24). The maximum Gasteiger partial charge on any atom is 0.277 e. The van der Waals surface area contributed by atoms with E-state index in [1.807, 2.05) is 0 Å². The van der Waals surface area contributed by atoms with Crippen LogP contribution in [-0.2, 0) is 4.79 Å². The summed E-state index contributed by atoms with van der Waals surface area (Å²) in [4.78, 5) is 23.9. The minimum atomic E-state index is -0.251. The average molecular weight is 411 g/mol. The number of nitrogens with zero attached hydrogens (tertiary/aromatic N) is 2.